The maximum atomic E-state index is 12.5. The Morgan fingerprint density at radius 2 is 1.59 bits per heavy atom. The van der Waals surface area contributed by atoms with E-state index < -0.39 is 0 Å². The monoisotopic (exact) mass is 385 g/mol. The van der Waals surface area contributed by atoms with Gasteiger partial charge in [0.05, 0.1) is 6.61 Å². The van der Waals surface area contributed by atoms with Gasteiger partial charge in [-0.2, -0.15) is 0 Å². The quantitative estimate of drug-likeness (QED) is 0.461. The van der Waals surface area contributed by atoms with E-state index in [2.05, 4.69) is 52.1 Å². The molecule has 3 nitrogen and oxygen atoms in total. The molecule has 1 amide bonds. The first-order valence-electron chi connectivity index (χ1n) is 9.38. The smallest absolute Gasteiger partial charge is 0.251 e. The molecule has 146 valence electrons. The molecule has 2 aromatic carbocycles. The molecular formula is C23H31NO2S. The fourth-order valence-electron chi connectivity index (χ4n) is 3.29. The van der Waals surface area contributed by atoms with E-state index in [0.29, 0.717) is 12.2 Å². The minimum atomic E-state index is -0.251. The van der Waals surface area contributed by atoms with E-state index in [-0.39, 0.29) is 16.9 Å². The Bertz CT molecular complexity index is 718. The van der Waals surface area contributed by atoms with Gasteiger partial charge in [0, 0.05) is 21.8 Å². The van der Waals surface area contributed by atoms with Crippen molar-refractivity contribution < 1.29 is 9.53 Å². The molecule has 0 spiro atoms. The van der Waals surface area contributed by atoms with Crippen molar-refractivity contribution in [3.63, 3.8) is 0 Å². The summed E-state index contributed by atoms with van der Waals surface area (Å²) >= 11 is 1.77. The van der Waals surface area contributed by atoms with E-state index in [1.807, 2.05) is 42.5 Å². The average molecular weight is 386 g/mol. The van der Waals surface area contributed by atoms with Gasteiger partial charge in [-0.15, -0.1) is 11.8 Å². The van der Waals surface area contributed by atoms with Gasteiger partial charge in [-0.1, -0.05) is 39.0 Å². The van der Waals surface area contributed by atoms with Crippen molar-refractivity contribution in [1.29, 1.82) is 0 Å². The maximum absolute atomic E-state index is 12.5. The van der Waals surface area contributed by atoms with Crippen LogP contribution in [0.25, 0.3) is 0 Å². The molecule has 0 unspecified atom stereocenters. The van der Waals surface area contributed by atoms with Crippen molar-refractivity contribution >= 4 is 17.7 Å². The highest BCUT2D eigenvalue weighted by Gasteiger charge is 2.27. The van der Waals surface area contributed by atoms with Crippen LogP contribution in [0, 0.1) is 5.41 Å². The zero-order chi connectivity index (χ0) is 19.9. The second kappa shape index (κ2) is 9.32. The van der Waals surface area contributed by atoms with Crippen LogP contribution in [0.3, 0.4) is 0 Å². The lowest BCUT2D eigenvalue weighted by atomic mass is 9.81. The first-order valence-corrected chi connectivity index (χ1v) is 10.4. The average Bonchev–Trinajstić information content (AvgIpc) is 2.57. The lowest BCUT2D eigenvalue weighted by Crippen LogP contribution is -2.45. The molecule has 0 fully saturated rings. The molecule has 0 aliphatic rings. The molecule has 2 rings (SSSR count). The van der Waals surface area contributed by atoms with Crippen LogP contribution in [0.2, 0.25) is 0 Å². The van der Waals surface area contributed by atoms with E-state index in [4.69, 9.17) is 4.74 Å². The summed E-state index contributed by atoms with van der Waals surface area (Å²) in [6, 6.07) is 17.6. The number of nitrogens with one attached hydrogen (secondary N) is 1. The highest BCUT2D eigenvalue weighted by Crippen LogP contribution is 2.27. The lowest BCUT2D eigenvalue weighted by molar-refractivity contribution is 0.0891. The van der Waals surface area contributed by atoms with Crippen LogP contribution < -0.4 is 10.1 Å². The van der Waals surface area contributed by atoms with Crippen molar-refractivity contribution in [3.8, 4) is 5.75 Å². The van der Waals surface area contributed by atoms with Gasteiger partial charge in [0.15, 0.2) is 0 Å². The molecule has 0 saturated carbocycles. The van der Waals surface area contributed by atoms with E-state index in [9.17, 15) is 4.79 Å². The number of thioether (sulfide) groups is 1. The number of hydrogen-bond acceptors (Lipinski definition) is 3. The summed E-state index contributed by atoms with van der Waals surface area (Å²) in [6.07, 6.45) is 0.909. The van der Waals surface area contributed by atoms with Crippen LogP contribution in [0.4, 0.5) is 0 Å². The van der Waals surface area contributed by atoms with Gasteiger partial charge in [-0.25, -0.2) is 0 Å². The second-order valence-corrected chi connectivity index (χ2v) is 9.78. The van der Waals surface area contributed by atoms with Gasteiger partial charge in [-0.05, 0) is 62.1 Å². The number of hydrogen-bond donors (Lipinski definition) is 1. The molecule has 0 saturated heterocycles. The minimum Gasteiger partial charge on any atom is -0.493 e. The molecule has 0 aliphatic heterocycles. The summed E-state index contributed by atoms with van der Waals surface area (Å²) < 4.78 is 5.78. The van der Waals surface area contributed by atoms with Crippen LogP contribution in [0.15, 0.2) is 59.5 Å². The molecule has 27 heavy (non-hydrogen) atoms. The van der Waals surface area contributed by atoms with E-state index in [1.54, 1.807) is 11.8 Å². The zero-order valence-electron chi connectivity index (χ0n) is 17.0. The number of benzene rings is 2. The third-order valence-electron chi connectivity index (χ3n) is 3.90. The number of carbonyl (C=O) groups excluding carboxylic acids is 1. The predicted molar refractivity (Wildman–Crippen MR) is 115 cm³/mol. The van der Waals surface area contributed by atoms with Gasteiger partial charge in [0.1, 0.15) is 5.75 Å². The molecular weight excluding hydrogens is 354 g/mol. The molecule has 1 N–H and O–H groups in total. The summed E-state index contributed by atoms with van der Waals surface area (Å²) in [4.78, 5) is 13.8. The van der Waals surface area contributed by atoms with Crippen LogP contribution in [-0.2, 0) is 0 Å². The van der Waals surface area contributed by atoms with Gasteiger partial charge < -0.3 is 10.1 Å². The summed E-state index contributed by atoms with van der Waals surface area (Å²) in [5.41, 5.74) is 0.564. The second-order valence-electron chi connectivity index (χ2n) is 8.61. The number of rotatable bonds is 8. The molecule has 4 heteroatoms. The van der Waals surface area contributed by atoms with Gasteiger partial charge in [0.25, 0.3) is 5.91 Å². The molecule has 0 bridgehead atoms. The van der Waals surface area contributed by atoms with Crippen LogP contribution >= 0.6 is 11.8 Å². The van der Waals surface area contributed by atoms with Crippen LogP contribution in [0.5, 0.6) is 5.75 Å². The van der Waals surface area contributed by atoms with Crippen LogP contribution in [0.1, 0.15) is 51.4 Å². The topological polar surface area (TPSA) is 38.3 Å². The highest BCUT2D eigenvalue weighted by atomic mass is 32.2. The Kier molecular flexibility index (Phi) is 7.37. The summed E-state index contributed by atoms with van der Waals surface area (Å²) in [5, 5.41) is 3.14. The molecule has 0 aliphatic carbocycles. The highest BCUT2D eigenvalue weighted by molar-refractivity contribution is 7.99. The number of carbonyl (C=O) groups is 1. The molecule has 2 aromatic rings. The van der Waals surface area contributed by atoms with Gasteiger partial charge >= 0.3 is 0 Å². The Morgan fingerprint density at radius 1 is 0.963 bits per heavy atom. The van der Waals surface area contributed by atoms with E-state index in [1.165, 1.54) is 4.90 Å². The molecule has 0 aromatic heterocycles. The standard InChI is InChI=1S/C23H31NO2S/c1-22(2,3)17-23(4,5)24-21(25)18-11-13-19(14-12-18)26-15-16-27-20-9-7-6-8-10-20/h6-14H,15-17H2,1-5H3,(H,24,25). The predicted octanol–water partition coefficient (Wildman–Crippen LogP) is 5.80. The van der Waals surface area contributed by atoms with Gasteiger partial charge in [-0.3, -0.25) is 4.79 Å². The first-order chi connectivity index (χ1) is 12.6. The summed E-state index contributed by atoms with van der Waals surface area (Å²) in [6.45, 7) is 11.3. The van der Waals surface area contributed by atoms with Gasteiger partial charge in [0.2, 0.25) is 0 Å². The normalized spacial score (nSPS) is 11.9. The van der Waals surface area contributed by atoms with Crippen molar-refractivity contribution in [2.45, 2.75) is 51.5 Å². The summed E-state index contributed by atoms with van der Waals surface area (Å²) in [7, 11) is 0. The lowest BCUT2D eigenvalue weighted by Gasteiger charge is -2.33. The van der Waals surface area contributed by atoms with E-state index in [0.717, 1.165) is 17.9 Å². The number of amides is 1. The zero-order valence-corrected chi connectivity index (χ0v) is 17.9. The third kappa shape index (κ3) is 8.08. The van der Waals surface area contributed by atoms with Crippen molar-refractivity contribution in [2.24, 2.45) is 5.41 Å². The Morgan fingerprint density at radius 3 is 2.19 bits per heavy atom. The molecule has 0 heterocycles. The largest absolute Gasteiger partial charge is 0.493 e. The molecule has 0 atom stereocenters. The summed E-state index contributed by atoms with van der Waals surface area (Å²) in [5.74, 6) is 1.62. The number of ether oxygens (including phenoxy) is 1. The SMILES string of the molecule is CC(C)(C)CC(C)(C)NC(=O)c1ccc(OCCSc2ccccc2)cc1. The minimum absolute atomic E-state index is 0.0459. The third-order valence-corrected chi connectivity index (χ3v) is 4.88. The maximum Gasteiger partial charge on any atom is 0.251 e. The Balaban J connectivity index is 1.81. The first kappa shape index (κ1) is 21.4. The van der Waals surface area contributed by atoms with Crippen molar-refractivity contribution in [3.05, 3.63) is 60.2 Å². The Hall–Kier alpha value is -1.94. The fraction of sp³-hybridized carbons (Fsp3) is 0.435. The molecule has 0 radical (unpaired) electrons. The van der Waals surface area contributed by atoms with E-state index >= 15 is 0 Å². The van der Waals surface area contributed by atoms with Crippen molar-refractivity contribution in [2.75, 3.05) is 12.4 Å². The van der Waals surface area contributed by atoms with Crippen molar-refractivity contribution in [1.82, 2.24) is 5.32 Å². The van der Waals surface area contributed by atoms with Crippen LogP contribution in [-0.4, -0.2) is 23.8 Å². The Labute approximate surface area is 167 Å². The fourth-order valence-corrected chi connectivity index (χ4v) is 4.04.